The van der Waals surface area contributed by atoms with E-state index in [1.54, 1.807) is 0 Å². The van der Waals surface area contributed by atoms with Gasteiger partial charge < -0.3 is 5.73 Å². The van der Waals surface area contributed by atoms with Gasteiger partial charge in [-0.3, -0.25) is 4.79 Å². The van der Waals surface area contributed by atoms with E-state index in [0.29, 0.717) is 12.1 Å². The highest BCUT2D eigenvalue weighted by atomic mass is 32.2. The molecule has 0 heterocycles. The predicted molar refractivity (Wildman–Crippen MR) is 52.9 cm³/mol. The number of halogens is 2. The molecule has 7 heteroatoms. The Morgan fingerprint density at radius 2 is 1.88 bits per heavy atom. The molecule has 0 aliphatic rings. The number of nitrogens with two attached hydrogens (primary N) is 1. The van der Waals surface area contributed by atoms with Gasteiger partial charge in [0.1, 0.15) is 16.5 Å². The minimum Gasteiger partial charge on any atom is -0.324 e. The lowest BCUT2D eigenvalue weighted by Crippen LogP contribution is -2.16. The Bertz CT molecular complexity index is 540. The summed E-state index contributed by atoms with van der Waals surface area (Å²) in [5.74, 6) is -3.06. The maximum Gasteiger partial charge on any atom is 0.179 e. The quantitative estimate of drug-likeness (QED) is 0.792. The number of hydrogen-bond donors (Lipinski definition) is 1. The van der Waals surface area contributed by atoms with E-state index < -0.39 is 44.3 Å². The molecule has 1 rings (SSSR count). The van der Waals surface area contributed by atoms with E-state index in [4.69, 9.17) is 5.73 Å². The van der Waals surface area contributed by atoms with Crippen LogP contribution in [0.2, 0.25) is 0 Å². The van der Waals surface area contributed by atoms with Gasteiger partial charge in [-0.2, -0.15) is 0 Å². The van der Waals surface area contributed by atoms with Crippen molar-refractivity contribution < 1.29 is 22.0 Å². The van der Waals surface area contributed by atoms with E-state index in [1.165, 1.54) is 0 Å². The van der Waals surface area contributed by atoms with Crippen LogP contribution in [0.25, 0.3) is 0 Å². The average molecular weight is 249 g/mol. The van der Waals surface area contributed by atoms with E-state index in [0.717, 1.165) is 6.26 Å². The smallest absolute Gasteiger partial charge is 0.179 e. The zero-order chi connectivity index (χ0) is 12.5. The summed E-state index contributed by atoms with van der Waals surface area (Å²) in [6.45, 7) is -0.478. The molecule has 1 aromatic rings. The van der Waals surface area contributed by atoms with Crippen molar-refractivity contribution in [1.29, 1.82) is 0 Å². The van der Waals surface area contributed by atoms with Crippen molar-refractivity contribution in [3.8, 4) is 0 Å². The summed E-state index contributed by atoms with van der Waals surface area (Å²) in [7, 11) is -3.86. The molecule has 0 fully saturated rings. The van der Waals surface area contributed by atoms with E-state index in [2.05, 4.69) is 0 Å². The van der Waals surface area contributed by atoms with Gasteiger partial charge >= 0.3 is 0 Å². The third kappa shape index (κ3) is 2.42. The van der Waals surface area contributed by atoms with Gasteiger partial charge in [0.15, 0.2) is 15.6 Å². The number of benzene rings is 1. The molecule has 2 N–H and O–H groups in total. The molecule has 0 aliphatic carbocycles. The van der Waals surface area contributed by atoms with Crippen LogP contribution in [0.3, 0.4) is 0 Å². The molecule has 0 amide bonds. The topological polar surface area (TPSA) is 77.2 Å². The van der Waals surface area contributed by atoms with Crippen LogP contribution in [0.4, 0.5) is 8.78 Å². The zero-order valence-electron chi connectivity index (χ0n) is 8.33. The Labute approximate surface area is 91.0 Å². The Morgan fingerprint density at radius 1 is 1.31 bits per heavy atom. The summed E-state index contributed by atoms with van der Waals surface area (Å²) in [6.07, 6.45) is 0.745. The third-order valence-corrected chi connectivity index (χ3v) is 3.02. The Hall–Kier alpha value is -1.34. The maximum atomic E-state index is 13.3. The van der Waals surface area contributed by atoms with Gasteiger partial charge in [0.25, 0.3) is 0 Å². The number of ketones is 1. The molecule has 0 spiro atoms. The van der Waals surface area contributed by atoms with Crippen LogP contribution >= 0.6 is 0 Å². The number of rotatable bonds is 3. The lowest BCUT2D eigenvalue weighted by Gasteiger charge is -2.05. The van der Waals surface area contributed by atoms with Crippen LogP contribution in [0, 0.1) is 11.6 Å². The second-order valence-corrected chi connectivity index (χ2v) is 5.15. The fourth-order valence-corrected chi connectivity index (χ4v) is 1.87. The molecule has 88 valence electrons. The van der Waals surface area contributed by atoms with Crippen LogP contribution in [-0.2, 0) is 9.84 Å². The summed E-state index contributed by atoms with van der Waals surface area (Å²) in [5, 5.41) is 0. The van der Waals surface area contributed by atoms with Gasteiger partial charge in [-0.05, 0) is 12.1 Å². The first kappa shape index (κ1) is 12.7. The highest BCUT2D eigenvalue weighted by molar-refractivity contribution is 7.90. The van der Waals surface area contributed by atoms with Crippen LogP contribution in [0.1, 0.15) is 10.4 Å². The summed E-state index contributed by atoms with van der Waals surface area (Å²) < 4.78 is 48.7. The van der Waals surface area contributed by atoms with Gasteiger partial charge in [0.2, 0.25) is 0 Å². The predicted octanol–water partition coefficient (Wildman–Crippen LogP) is 0.510. The van der Waals surface area contributed by atoms with Crippen LogP contribution < -0.4 is 5.73 Å². The largest absolute Gasteiger partial charge is 0.324 e. The fourth-order valence-electron chi connectivity index (χ4n) is 1.14. The molecule has 1 aromatic carbocycles. The molecule has 0 aliphatic heterocycles. The molecule has 16 heavy (non-hydrogen) atoms. The minimum absolute atomic E-state index is 0.478. The summed E-state index contributed by atoms with van der Waals surface area (Å²) in [4.78, 5) is 10.3. The van der Waals surface area contributed by atoms with Crippen molar-refractivity contribution in [2.24, 2.45) is 5.73 Å². The number of carbonyl (C=O) groups is 1. The highest BCUT2D eigenvalue weighted by Crippen LogP contribution is 2.19. The first-order valence-corrected chi connectivity index (χ1v) is 6.09. The van der Waals surface area contributed by atoms with Crippen LogP contribution in [-0.4, -0.2) is 27.0 Å². The number of Topliss-reactive ketones (excluding diaryl/α,β-unsaturated/α-hetero) is 1. The van der Waals surface area contributed by atoms with Crippen molar-refractivity contribution in [2.75, 3.05) is 12.8 Å². The first-order valence-electron chi connectivity index (χ1n) is 4.19. The lowest BCUT2D eigenvalue weighted by molar-refractivity contribution is 0.0997. The second kappa shape index (κ2) is 4.26. The average Bonchev–Trinajstić information content (AvgIpc) is 2.18. The van der Waals surface area contributed by atoms with Crippen molar-refractivity contribution in [3.63, 3.8) is 0 Å². The van der Waals surface area contributed by atoms with Crippen LogP contribution in [0.5, 0.6) is 0 Å². The van der Waals surface area contributed by atoms with E-state index in [-0.39, 0.29) is 0 Å². The zero-order valence-corrected chi connectivity index (χ0v) is 9.14. The van der Waals surface area contributed by atoms with Gasteiger partial charge in [0.05, 0.1) is 12.1 Å². The molecular weight excluding hydrogens is 240 g/mol. The molecule has 0 saturated carbocycles. The summed E-state index contributed by atoms with van der Waals surface area (Å²) in [6, 6.07) is 1.02. The summed E-state index contributed by atoms with van der Waals surface area (Å²) >= 11 is 0. The van der Waals surface area contributed by atoms with Gasteiger partial charge in [-0.15, -0.1) is 0 Å². The maximum absolute atomic E-state index is 13.3. The SMILES string of the molecule is CS(=O)(=O)c1cc(F)c(C(=O)CN)cc1F. The Balaban J connectivity index is 3.45. The number of carbonyl (C=O) groups excluding carboxylic acids is 1. The summed E-state index contributed by atoms with van der Waals surface area (Å²) in [5.41, 5.74) is 4.44. The molecule has 0 bridgehead atoms. The first-order chi connectivity index (χ1) is 7.27. The van der Waals surface area contributed by atoms with Crippen LogP contribution in [0.15, 0.2) is 17.0 Å². The van der Waals surface area contributed by atoms with Gasteiger partial charge in [0, 0.05) is 6.26 Å². The third-order valence-electron chi connectivity index (χ3n) is 1.91. The normalized spacial score (nSPS) is 11.5. The highest BCUT2D eigenvalue weighted by Gasteiger charge is 2.20. The standard InChI is InChI=1S/C9H9F2NO3S/c1-16(14,15)9-3-6(10)5(2-7(9)11)8(13)4-12/h2-3H,4,12H2,1H3. The molecule has 0 radical (unpaired) electrons. The number of sulfone groups is 1. The minimum atomic E-state index is -3.86. The molecule has 4 nitrogen and oxygen atoms in total. The fraction of sp³-hybridized carbons (Fsp3) is 0.222. The number of hydrogen-bond acceptors (Lipinski definition) is 4. The molecule has 0 atom stereocenters. The van der Waals surface area contributed by atoms with Gasteiger partial charge in [-0.25, -0.2) is 17.2 Å². The van der Waals surface area contributed by atoms with E-state index in [1.807, 2.05) is 0 Å². The van der Waals surface area contributed by atoms with E-state index in [9.17, 15) is 22.0 Å². The molecule has 0 saturated heterocycles. The lowest BCUT2D eigenvalue weighted by atomic mass is 10.1. The molecular formula is C9H9F2NO3S. The van der Waals surface area contributed by atoms with E-state index >= 15 is 0 Å². The Morgan fingerprint density at radius 3 is 2.31 bits per heavy atom. The monoisotopic (exact) mass is 249 g/mol. The van der Waals surface area contributed by atoms with Crippen molar-refractivity contribution in [2.45, 2.75) is 4.90 Å². The van der Waals surface area contributed by atoms with Gasteiger partial charge in [-0.1, -0.05) is 0 Å². The van der Waals surface area contributed by atoms with Crippen molar-refractivity contribution >= 4 is 15.6 Å². The molecule has 0 unspecified atom stereocenters. The Kier molecular flexibility index (Phi) is 3.39. The van der Waals surface area contributed by atoms with Crippen molar-refractivity contribution in [3.05, 3.63) is 29.3 Å². The van der Waals surface area contributed by atoms with Crippen molar-refractivity contribution in [1.82, 2.24) is 0 Å². The second-order valence-electron chi connectivity index (χ2n) is 3.16. The molecule has 0 aromatic heterocycles.